The van der Waals surface area contributed by atoms with Gasteiger partial charge in [-0.3, -0.25) is 0 Å². The summed E-state index contributed by atoms with van der Waals surface area (Å²) >= 11 is 0. The van der Waals surface area contributed by atoms with Crippen molar-refractivity contribution in [2.75, 3.05) is 51.9 Å². The molecule has 21 heavy (non-hydrogen) atoms. The van der Waals surface area contributed by atoms with Gasteiger partial charge in [0, 0.05) is 44.5 Å². The van der Waals surface area contributed by atoms with E-state index in [1.54, 1.807) is 7.11 Å². The maximum Gasteiger partial charge on any atom is 0.119 e. The van der Waals surface area contributed by atoms with Crippen LogP contribution >= 0.6 is 0 Å². The van der Waals surface area contributed by atoms with Crippen molar-refractivity contribution in [2.24, 2.45) is 5.41 Å². The van der Waals surface area contributed by atoms with Crippen LogP contribution in [0.5, 0.6) is 5.75 Å². The van der Waals surface area contributed by atoms with Gasteiger partial charge in [0.15, 0.2) is 0 Å². The van der Waals surface area contributed by atoms with E-state index < -0.39 is 0 Å². The standard InChI is InChI=1S/C17H28N2O2/c1-4-18-13-17(9-11-21-12-10-17)14-19(2)15-5-7-16(20-3)8-6-15/h5-8,18H,4,9-14H2,1-3H3. The number of hydrogen-bond acceptors (Lipinski definition) is 4. The fourth-order valence-corrected chi connectivity index (χ4v) is 3.02. The highest BCUT2D eigenvalue weighted by Gasteiger charge is 2.33. The summed E-state index contributed by atoms with van der Waals surface area (Å²) in [6.07, 6.45) is 2.25. The average molecular weight is 292 g/mol. The van der Waals surface area contributed by atoms with E-state index in [4.69, 9.17) is 9.47 Å². The highest BCUT2D eigenvalue weighted by Crippen LogP contribution is 2.32. The van der Waals surface area contributed by atoms with Gasteiger partial charge in [-0.25, -0.2) is 0 Å². The van der Waals surface area contributed by atoms with Gasteiger partial charge in [-0.1, -0.05) is 6.92 Å². The Morgan fingerprint density at radius 2 is 1.90 bits per heavy atom. The fourth-order valence-electron chi connectivity index (χ4n) is 3.02. The molecule has 0 aliphatic carbocycles. The minimum atomic E-state index is 0.308. The van der Waals surface area contributed by atoms with Gasteiger partial charge in [0.2, 0.25) is 0 Å². The van der Waals surface area contributed by atoms with Crippen LogP contribution in [0.25, 0.3) is 0 Å². The van der Waals surface area contributed by atoms with E-state index in [1.807, 2.05) is 12.1 Å². The van der Waals surface area contributed by atoms with Crippen molar-refractivity contribution in [2.45, 2.75) is 19.8 Å². The molecule has 0 atom stereocenters. The fraction of sp³-hybridized carbons (Fsp3) is 0.647. The van der Waals surface area contributed by atoms with Crippen LogP contribution in [0, 0.1) is 5.41 Å². The molecule has 0 spiro atoms. The quantitative estimate of drug-likeness (QED) is 0.837. The second-order valence-corrected chi connectivity index (χ2v) is 5.95. The van der Waals surface area contributed by atoms with Gasteiger partial charge in [-0.05, 0) is 43.7 Å². The van der Waals surface area contributed by atoms with Crippen LogP contribution in [0.3, 0.4) is 0 Å². The van der Waals surface area contributed by atoms with Gasteiger partial charge >= 0.3 is 0 Å². The molecule has 4 heteroatoms. The number of ether oxygens (including phenoxy) is 2. The van der Waals surface area contributed by atoms with E-state index >= 15 is 0 Å². The number of benzene rings is 1. The Bertz CT molecular complexity index is 413. The van der Waals surface area contributed by atoms with E-state index in [1.165, 1.54) is 5.69 Å². The van der Waals surface area contributed by atoms with Crippen LogP contribution in [-0.4, -0.2) is 47.0 Å². The molecule has 1 aliphatic heterocycles. The molecule has 2 rings (SSSR count). The van der Waals surface area contributed by atoms with Gasteiger partial charge in [0.25, 0.3) is 0 Å². The van der Waals surface area contributed by atoms with Gasteiger partial charge in [-0.2, -0.15) is 0 Å². The molecule has 1 aromatic rings. The average Bonchev–Trinajstić information content (AvgIpc) is 2.54. The molecule has 0 radical (unpaired) electrons. The molecule has 118 valence electrons. The van der Waals surface area contributed by atoms with E-state index in [2.05, 4.69) is 36.3 Å². The SMILES string of the molecule is CCNCC1(CN(C)c2ccc(OC)cc2)CCOCC1. The molecular formula is C17H28N2O2. The molecule has 0 saturated carbocycles. The summed E-state index contributed by atoms with van der Waals surface area (Å²) in [7, 11) is 3.87. The molecular weight excluding hydrogens is 264 g/mol. The van der Waals surface area contributed by atoms with Crippen molar-refractivity contribution in [3.8, 4) is 5.75 Å². The molecule has 1 saturated heterocycles. The normalized spacial score (nSPS) is 17.5. The Morgan fingerprint density at radius 1 is 1.24 bits per heavy atom. The predicted molar refractivity (Wildman–Crippen MR) is 87.3 cm³/mol. The number of hydrogen-bond donors (Lipinski definition) is 1. The second kappa shape index (κ2) is 7.66. The first kappa shape index (κ1) is 16.1. The van der Waals surface area contributed by atoms with Crippen molar-refractivity contribution in [1.82, 2.24) is 5.32 Å². The van der Waals surface area contributed by atoms with Gasteiger partial charge < -0.3 is 19.7 Å². The molecule has 0 amide bonds. The van der Waals surface area contributed by atoms with Crippen LogP contribution in [0.4, 0.5) is 5.69 Å². The summed E-state index contributed by atoms with van der Waals surface area (Å²) in [4.78, 5) is 2.35. The summed E-state index contributed by atoms with van der Waals surface area (Å²) < 4.78 is 10.8. The van der Waals surface area contributed by atoms with Crippen LogP contribution in [-0.2, 0) is 4.74 Å². The third-order valence-corrected chi connectivity index (χ3v) is 4.39. The van der Waals surface area contributed by atoms with E-state index in [-0.39, 0.29) is 0 Å². The molecule has 1 fully saturated rings. The molecule has 1 aliphatic rings. The topological polar surface area (TPSA) is 33.7 Å². The van der Waals surface area contributed by atoms with Crippen LogP contribution in [0.1, 0.15) is 19.8 Å². The lowest BCUT2D eigenvalue weighted by molar-refractivity contribution is 0.0190. The Morgan fingerprint density at radius 3 is 2.48 bits per heavy atom. The molecule has 4 nitrogen and oxygen atoms in total. The Labute approximate surface area is 128 Å². The number of methoxy groups -OCH3 is 1. The monoisotopic (exact) mass is 292 g/mol. The molecule has 0 bridgehead atoms. The predicted octanol–water partition coefficient (Wildman–Crippen LogP) is 2.54. The highest BCUT2D eigenvalue weighted by molar-refractivity contribution is 5.48. The van der Waals surface area contributed by atoms with Crippen molar-refractivity contribution < 1.29 is 9.47 Å². The van der Waals surface area contributed by atoms with Crippen LogP contribution in [0.2, 0.25) is 0 Å². The number of nitrogens with zero attached hydrogens (tertiary/aromatic N) is 1. The Kier molecular flexibility index (Phi) is 5.88. The van der Waals surface area contributed by atoms with E-state index in [9.17, 15) is 0 Å². The summed E-state index contributed by atoms with van der Waals surface area (Å²) in [6.45, 7) is 7.06. The largest absolute Gasteiger partial charge is 0.497 e. The van der Waals surface area contributed by atoms with Gasteiger partial charge in [0.1, 0.15) is 5.75 Å². The van der Waals surface area contributed by atoms with Gasteiger partial charge in [0.05, 0.1) is 7.11 Å². The van der Waals surface area contributed by atoms with Crippen molar-refractivity contribution >= 4 is 5.69 Å². The summed E-state index contributed by atoms with van der Waals surface area (Å²) in [5.41, 5.74) is 1.54. The summed E-state index contributed by atoms with van der Waals surface area (Å²) in [6, 6.07) is 8.29. The lowest BCUT2D eigenvalue weighted by atomic mass is 9.79. The molecule has 1 aromatic carbocycles. The zero-order chi connectivity index (χ0) is 15.1. The first-order valence-electron chi connectivity index (χ1n) is 7.83. The number of rotatable bonds is 7. The molecule has 1 N–H and O–H groups in total. The van der Waals surface area contributed by atoms with E-state index in [0.29, 0.717) is 5.41 Å². The van der Waals surface area contributed by atoms with Crippen LogP contribution < -0.4 is 15.0 Å². The van der Waals surface area contributed by atoms with Crippen LogP contribution in [0.15, 0.2) is 24.3 Å². The van der Waals surface area contributed by atoms with Crippen molar-refractivity contribution in [3.63, 3.8) is 0 Å². The first-order chi connectivity index (χ1) is 10.2. The van der Waals surface area contributed by atoms with E-state index in [0.717, 1.165) is 51.4 Å². The smallest absolute Gasteiger partial charge is 0.119 e. The summed E-state index contributed by atoms with van der Waals surface area (Å²) in [5, 5.41) is 3.53. The number of anilines is 1. The third-order valence-electron chi connectivity index (χ3n) is 4.39. The minimum Gasteiger partial charge on any atom is -0.497 e. The summed E-state index contributed by atoms with van der Waals surface area (Å²) in [5.74, 6) is 0.903. The lowest BCUT2D eigenvalue weighted by Gasteiger charge is -2.41. The first-order valence-corrected chi connectivity index (χ1v) is 7.83. The third kappa shape index (κ3) is 4.35. The zero-order valence-electron chi connectivity index (χ0n) is 13.5. The lowest BCUT2D eigenvalue weighted by Crippen LogP contribution is -2.46. The maximum absolute atomic E-state index is 5.56. The molecule has 1 heterocycles. The Hall–Kier alpha value is -1.26. The number of nitrogens with one attached hydrogen (secondary N) is 1. The van der Waals surface area contributed by atoms with Crippen molar-refractivity contribution in [3.05, 3.63) is 24.3 Å². The maximum atomic E-state index is 5.56. The van der Waals surface area contributed by atoms with Gasteiger partial charge in [-0.15, -0.1) is 0 Å². The molecule has 0 aromatic heterocycles. The Balaban J connectivity index is 2.03. The highest BCUT2D eigenvalue weighted by atomic mass is 16.5. The second-order valence-electron chi connectivity index (χ2n) is 5.95. The minimum absolute atomic E-state index is 0.308. The zero-order valence-corrected chi connectivity index (χ0v) is 13.5. The molecule has 0 unspecified atom stereocenters. The van der Waals surface area contributed by atoms with Crippen molar-refractivity contribution in [1.29, 1.82) is 0 Å².